The van der Waals surface area contributed by atoms with Gasteiger partial charge in [-0.2, -0.15) is 0 Å². The van der Waals surface area contributed by atoms with Crippen molar-refractivity contribution in [3.63, 3.8) is 0 Å². The Balaban J connectivity index is 1.77. The van der Waals surface area contributed by atoms with Gasteiger partial charge in [0.15, 0.2) is 0 Å². The molecule has 124 valence electrons. The number of amides is 1. The number of imidazole rings is 1. The van der Waals surface area contributed by atoms with E-state index in [0.717, 1.165) is 11.0 Å². The zero-order chi connectivity index (χ0) is 17.2. The number of hydrogen-bond donors (Lipinski definition) is 2. The predicted octanol–water partition coefficient (Wildman–Crippen LogP) is 0.908. The van der Waals surface area contributed by atoms with Crippen LogP contribution in [-0.4, -0.2) is 41.7 Å². The summed E-state index contributed by atoms with van der Waals surface area (Å²) in [6.45, 7) is 0. The van der Waals surface area contributed by atoms with Crippen molar-refractivity contribution in [3.05, 3.63) is 48.9 Å². The summed E-state index contributed by atoms with van der Waals surface area (Å²) in [4.78, 5) is 20.3. The van der Waals surface area contributed by atoms with Gasteiger partial charge in [0.2, 0.25) is 15.9 Å². The number of hydrogen-bond acceptors (Lipinski definition) is 5. The summed E-state index contributed by atoms with van der Waals surface area (Å²) in [5.41, 5.74) is 2.19. The van der Waals surface area contributed by atoms with Crippen molar-refractivity contribution in [3.8, 4) is 5.82 Å². The highest BCUT2D eigenvalue weighted by Gasteiger charge is 2.14. The third-order valence-electron chi connectivity index (χ3n) is 3.36. The van der Waals surface area contributed by atoms with Crippen LogP contribution in [0.3, 0.4) is 0 Å². The fourth-order valence-corrected chi connectivity index (χ4v) is 2.75. The van der Waals surface area contributed by atoms with E-state index in [0.29, 0.717) is 11.5 Å². The predicted molar refractivity (Wildman–Crippen MR) is 90.3 cm³/mol. The third-order valence-corrected chi connectivity index (χ3v) is 4.63. The van der Waals surface area contributed by atoms with Crippen molar-refractivity contribution in [1.29, 1.82) is 0 Å². The molecule has 1 amide bonds. The van der Waals surface area contributed by atoms with Gasteiger partial charge in [-0.05, 0) is 31.3 Å². The molecule has 2 N–H and O–H groups in total. The van der Waals surface area contributed by atoms with Crippen LogP contribution in [0.15, 0.2) is 48.9 Å². The van der Waals surface area contributed by atoms with Crippen LogP contribution in [0.1, 0.15) is 0 Å². The van der Waals surface area contributed by atoms with Crippen molar-refractivity contribution in [2.75, 3.05) is 18.1 Å². The van der Waals surface area contributed by atoms with Gasteiger partial charge in [0.05, 0.1) is 22.9 Å². The van der Waals surface area contributed by atoms with E-state index in [2.05, 4.69) is 20.0 Å². The topological polar surface area (TPSA) is 106 Å². The number of carbonyl (C=O) groups excluding carboxylic acids is 1. The Hall–Kier alpha value is -2.78. The number of carbonyl (C=O) groups is 1. The minimum absolute atomic E-state index is 0.416. The van der Waals surface area contributed by atoms with E-state index in [1.165, 1.54) is 13.2 Å². The average molecular weight is 345 g/mol. The standard InChI is InChI=1S/C15H15N5O3S/c1-16-24(22,23)9-15(21)19-11-6-7-14(17-8-11)20-10-18-12-4-2-3-5-13(12)20/h2-8,10,16H,9H2,1H3,(H,19,21). The molecular weight excluding hydrogens is 330 g/mol. The van der Waals surface area contributed by atoms with Crippen LogP contribution in [0.25, 0.3) is 16.9 Å². The second-order valence-electron chi connectivity index (χ2n) is 5.02. The second kappa shape index (κ2) is 6.38. The molecule has 0 bridgehead atoms. The Morgan fingerprint density at radius 2 is 1.96 bits per heavy atom. The van der Waals surface area contributed by atoms with E-state index in [-0.39, 0.29) is 0 Å². The number of anilines is 1. The molecule has 2 heterocycles. The molecule has 0 saturated carbocycles. The van der Waals surface area contributed by atoms with Gasteiger partial charge in [-0.1, -0.05) is 12.1 Å². The fourth-order valence-electron chi connectivity index (χ4n) is 2.19. The van der Waals surface area contributed by atoms with Crippen molar-refractivity contribution < 1.29 is 13.2 Å². The van der Waals surface area contributed by atoms with Gasteiger partial charge in [0, 0.05) is 0 Å². The van der Waals surface area contributed by atoms with E-state index < -0.39 is 21.7 Å². The van der Waals surface area contributed by atoms with E-state index in [9.17, 15) is 13.2 Å². The molecular formula is C15H15N5O3S. The molecule has 3 rings (SSSR count). The summed E-state index contributed by atoms with van der Waals surface area (Å²) in [7, 11) is -2.34. The Morgan fingerprint density at radius 1 is 1.17 bits per heavy atom. The zero-order valence-corrected chi connectivity index (χ0v) is 13.6. The molecule has 0 saturated heterocycles. The maximum atomic E-state index is 11.7. The summed E-state index contributed by atoms with van der Waals surface area (Å²) in [6, 6.07) is 11.0. The first-order valence-corrected chi connectivity index (χ1v) is 8.73. The van der Waals surface area contributed by atoms with Crippen molar-refractivity contribution in [2.24, 2.45) is 0 Å². The van der Waals surface area contributed by atoms with Crippen LogP contribution >= 0.6 is 0 Å². The molecule has 0 unspecified atom stereocenters. The number of rotatable bonds is 5. The Labute approximate surface area is 138 Å². The number of aromatic nitrogens is 3. The zero-order valence-electron chi connectivity index (χ0n) is 12.8. The highest BCUT2D eigenvalue weighted by atomic mass is 32.2. The summed E-state index contributed by atoms with van der Waals surface area (Å²) >= 11 is 0. The fraction of sp³-hybridized carbons (Fsp3) is 0.133. The molecule has 3 aromatic rings. The molecule has 0 aliphatic rings. The van der Waals surface area contributed by atoms with Gasteiger partial charge in [-0.25, -0.2) is 23.1 Å². The highest BCUT2D eigenvalue weighted by molar-refractivity contribution is 7.90. The van der Waals surface area contributed by atoms with Gasteiger partial charge >= 0.3 is 0 Å². The van der Waals surface area contributed by atoms with Gasteiger partial charge in [-0.15, -0.1) is 0 Å². The number of pyridine rings is 1. The smallest absolute Gasteiger partial charge is 0.241 e. The minimum atomic E-state index is -3.60. The minimum Gasteiger partial charge on any atom is -0.324 e. The molecule has 0 aliphatic carbocycles. The lowest BCUT2D eigenvalue weighted by atomic mass is 10.3. The number of para-hydroxylation sites is 2. The van der Waals surface area contributed by atoms with Crippen LogP contribution in [0.5, 0.6) is 0 Å². The summed E-state index contributed by atoms with van der Waals surface area (Å²) in [5, 5.41) is 2.50. The van der Waals surface area contributed by atoms with E-state index >= 15 is 0 Å². The lowest BCUT2D eigenvalue weighted by molar-refractivity contribution is -0.113. The number of benzene rings is 1. The lowest BCUT2D eigenvalue weighted by Crippen LogP contribution is -2.30. The van der Waals surface area contributed by atoms with Crippen molar-refractivity contribution in [1.82, 2.24) is 19.3 Å². The maximum absolute atomic E-state index is 11.7. The van der Waals surface area contributed by atoms with Gasteiger partial charge in [0.25, 0.3) is 0 Å². The first kappa shape index (κ1) is 16.1. The van der Waals surface area contributed by atoms with E-state index in [4.69, 9.17) is 0 Å². The van der Waals surface area contributed by atoms with Gasteiger partial charge < -0.3 is 5.32 Å². The van der Waals surface area contributed by atoms with Crippen molar-refractivity contribution in [2.45, 2.75) is 0 Å². The van der Waals surface area contributed by atoms with Crippen LogP contribution in [0.4, 0.5) is 5.69 Å². The van der Waals surface area contributed by atoms with Crippen molar-refractivity contribution >= 4 is 32.7 Å². The number of sulfonamides is 1. The largest absolute Gasteiger partial charge is 0.324 e. The Bertz CT molecular complexity index is 980. The van der Waals surface area contributed by atoms with Crippen LogP contribution in [0, 0.1) is 0 Å². The lowest BCUT2D eigenvalue weighted by Gasteiger charge is -2.07. The van der Waals surface area contributed by atoms with Gasteiger partial charge in [0.1, 0.15) is 17.9 Å². The van der Waals surface area contributed by atoms with Crippen LogP contribution < -0.4 is 10.0 Å². The molecule has 2 aromatic heterocycles. The molecule has 0 aliphatic heterocycles. The number of fused-ring (bicyclic) bond motifs is 1. The van der Waals surface area contributed by atoms with Crippen LogP contribution in [-0.2, 0) is 14.8 Å². The van der Waals surface area contributed by atoms with E-state index in [1.807, 2.05) is 28.8 Å². The monoisotopic (exact) mass is 345 g/mol. The quantitative estimate of drug-likeness (QED) is 0.715. The summed E-state index contributed by atoms with van der Waals surface area (Å²) < 4.78 is 26.6. The molecule has 0 spiro atoms. The Morgan fingerprint density at radius 3 is 2.67 bits per heavy atom. The first-order valence-electron chi connectivity index (χ1n) is 7.08. The maximum Gasteiger partial charge on any atom is 0.241 e. The second-order valence-corrected chi connectivity index (χ2v) is 6.95. The normalized spacial score (nSPS) is 11.5. The first-order chi connectivity index (χ1) is 11.5. The molecule has 1 aromatic carbocycles. The summed E-state index contributed by atoms with van der Waals surface area (Å²) in [6.07, 6.45) is 3.14. The highest BCUT2D eigenvalue weighted by Crippen LogP contribution is 2.17. The third kappa shape index (κ3) is 3.42. The Kier molecular flexibility index (Phi) is 4.28. The summed E-state index contributed by atoms with van der Waals surface area (Å²) in [5.74, 6) is -0.631. The molecule has 8 nitrogen and oxygen atoms in total. The SMILES string of the molecule is CNS(=O)(=O)CC(=O)Nc1ccc(-n2cnc3ccccc32)nc1. The molecule has 0 fully saturated rings. The van der Waals surface area contributed by atoms with E-state index in [1.54, 1.807) is 18.5 Å². The molecule has 0 radical (unpaired) electrons. The van der Waals surface area contributed by atoms with Crippen LogP contribution in [0.2, 0.25) is 0 Å². The molecule has 24 heavy (non-hydrogen) atoms. The number of nitrogens with zero attached hydrogens (tertiary/aromatic N) is 3. The average Bonchev–Trinajstić information content (AvgIpc) is 2.99. The molecule has 9 heteroatoms. The number of nitrogens with one attached hydrogen (secondary N) is 2. The van der Waals surface area contributed by atoms with Gasteiger partial charge in [-0.3, -0.25) is 9.36 Å². The molecule has 0 atom stereocenters.